The van der Waals surface area contributed by atoms with Crippen molar-refractivity contribution in [3.8, 4) is 0 Å². The first kappa shape index (κ1) is 26.5. The highest BCUT2D eigenvalue weighted by molar-refractivity contribution is 7.98. The maximum absolute atomic E-state index is 13.2. The summed E-state index contributed by atoms with van der Waals surface area (Å²) in [5, 5.41) is 5.62. The number of rotatable bonds is 10. The monoisotopic (exact) mass is 470 g/mol. The van der Waals surface area contributed by atoms with Crippen LogP contribution in [0, 0.1) is 0 Å². The standard InChI is InChI=1S/C26H34N2O4S/c1-26(2,3)20-13-11-19(12-14-20)23(29)28-22(17-18-9-7-6-8-10-18)24(30)27-21(15-16-33-5)25(31)32-4/h6-14,21-22H,15-17H2,1-5H3,(H,27,30)(H,28,29)/t21-,22-/m0/s1. The van der Waals surface area contributed by atoms with E-state index in [0.717, 1.165) is 11.1 Å². The Morgan fingerprint density at radius 2 is 1.58 bits per heavy atom. The minimum Gasteiger partial charge on any atom is -0.467 e. The number of hydrogen-bond donors (Lipinski definition) is 2. The molecule has 0 spiro atoms. The topological polar surface area (TPSA) is 84.5 Å². The number of esters is 1. The number of hydrogen-bond acceptors (Lipinski definition) is 5. The molecule has 0 bridgehead atoms. The lowest BCUT2D eigenvalue weighted by molar-refractivity contribution is -0.145. The number of benzene rings is 2. The Balaban J connectivity index is 2.21. The van der Waals surface area contributed by atoms with Crippen LogP contribution >= 0.6 is 11.8 Å². The van der Waals surface area contributed by atoms with Gasteiger partial charge in [0.1, 0.15) is 12.1 Å². The summed E-state index contributed by atoms with van der Waals surface area (Å²) in [6.45, 7) is 6.32. The molecular weight excluding hydrogens is 436 g/mol. The number of carbonyl (C=O) groups excluding carboxylic acids is 3. The van der Waals surface area contributed by atoms with Crippen LogP contribution in [0.5, 0.6) is 0 Å². The summed E-state index contributed by atoms with van der Waals surface area (Å²) >= 11 is 1.58. The molecule has 0 aliphatic heterocycles. The third-order valence-corrected chi connectivity index (χ3v) is 5.97. The molecule has 0 aliphatic rings. The van der Waals surface area contributed by atoms with E-state index in [9.17, 15) is 14.4 Å². The van der Waals surface area contributed by atoms with Crippen molar-refractivity contribution in [3.63, 3.8) is 0 Å². The van der Waals surface area contributed by atoms with Crippen molar-refractivity contribution in [3.05, 3.63) is 71.3 Å². The first-order valence-corrected chi connectivity index (χ1v) is 12.4. The van der Waals surface area contributed by atoms with Gasteiger partial charge in [0.05, 0.1) is 7.11 Å². The average molecular weight is 471 g/mol. The molecule has 0 unspecified atom stereocenters. The van der Waals surface area contributed by atoms with E-state index in [2.05, 4.69) is 31.4 Å². The fourth-order valence-corrected chi connectivity index (χ4v) is 3.79. The van der Waals surface area contributed by atoms with E-state index < -0.39 is 24.0 Å². The van der Waals surface area contributed by atoms with Crippen molar-refractivity contribution < 1.29 is 19.1 Å². The van der Waals surface area contributed by atoms with E-state index in [1.807, 2.05) is 48.7 Å². The number of nitrogens with one attached hydrogen (secondary N) is 2. The second kappa shape index (κ2) is 12.4. The van der Waals surface area contributed by atoms with Gasteiger partial charge in [-0.15, -0.1) is 0 Å². The van der Waals surface area contributed by atoms with Crippen molar-refractivity contribution in [1.29, 1.82) is 0 Å². The van der Waals surface area contributed by atoms with Crippen LogP contribution in [0.25, 0.3) is 0 Å². The molecule has 0 radical (unpaired) electrons. The van der Waals surface area contributed by atoms with Crippen LogP contribution in [-0.4, -0.2) is 49.0 Å². The van der Waals surface area contributed by atoms with Crippen LogP contribution in [-0.2, 0) is 26.2 Å². The molecule has 33 heavy (non-hydrogen) atoms. The third kappa shape index (κ3) is 8.24. The van der Waals surface area contributed by atoms with Crippen LogP contribution in [0.1, 0.15) is 48.7 Å². The zero-order valence-electron chi connectivity index (χ0n) is 20.0. The Morgan fingerprint density at radius 1 is 0.939 bits per heavy atom. The molecule has 2 amide bonds. The van der Waals surface area contributed by atoms with Gasteiger partial charge in [-0.1, -0.05) is 63.2 Å². The average Bonchev–Trinajstić information content (AvgIpc) is 2.80. The van der Waals surface area contributed by atoms with Crippen molar-refractivity contribution in [2.75, 3.05) is 19.1 Å². The Bertz CT molecular complexity index is 924. The van der Waals surface area contributed by atoms with E-state index in [0.29, 0.717) is 24.2 Å². The molecule has 0 fully saturated rings. The predicted molar refractivity (Wildman–Crippen MR) is 133 cm³/mol. The Hall–Kier alpha value is -2.80. The van der Waals surface area contributed by atoms with E-state index in [1.54, 1.807) is 23.9 Å². The van der Waals surface area contributed by atoms with E-state index >= 15 is 0 Å². The van der Waals surface area contributed by atoms with Gasteiger partial charge in [-0.2, -0.15) is 11.8 Å². The minimum absolute atomic E-state index is 0.0234. The second-order valence-corrected chi connectivity index (χ2v) is 9.89. The predicted octanol–water partition coefficient (Wildman–Crippen LogP) is 3.74. The van der Waals surface area contributed by atoms with Gasteiger partial charge >= 0.3 is 5.97 Å². The quantitative estimate of drug-likeness (QED) is 0.517. The van der Waals surface area contributed by atoms with Crippen LogP contribution in [0.4, 0.5) is 0 Å². The summed E-state index contributed by atoms with van der Waals surface area (Å²) in [7, 11) is 1.30. The largest absolute Gasteiger partial charge is 0.467 e. The molecule has 6 nitrogen and oxygen atoms in total. The fraction of sp³-hybridized carbons (Fsp3) is 0.423. The van der Waals surface area contributed by atoms with Gasteiger partial charge in [-0.05, 0) is 47.1 Å². The molecule has 7 heteroatoms. The van der Waals surface area contributed by atoms with Crippen LogP contribution in [0.2, 0.25) is 0 Å². The molecule has 2 aromatic carbocycles. The number of methoxy groups -OCH3 is 1. The first-order chi connectivity index (χ1) is 15.7. The van der Waals surface area contributed by atoms with E-state index in [4.69, 9.17) is 4.74 Å². The minimum atomic E-state index is -0.844. The maximum atomic E-state index is 13.2. The number of amides is 2. The number of carbonyl (C=O) groups is 3. The Labute approximate surface area is 200 Å². The highest BCUT2D eigenvalue weighted by Crippen LogP contribution is 2.22. The zero-order chi connectivity index (χ0) is 24.4. The number of thioether (sulfide) groups is 1. The van der Waals surface area contributed by atoms with E-state index in [-0.39, 0.29) is 11.3 Å². The summed E-state index contributed by atoms with van der Waals surface area (Å²) in [6, 6.07) is 15.2. The molecule has 0 saturated carbocycles. The summed E-state index contributed by atoms with van der Waals surface area (Å²) in [5.74, 6) is -0.573. The summed E-state index contributed by atoms with van der Waals surface area (Å²) in [4.78, 5) is 38.3. The zero-order valence-corrected chi connectivity index (χ0v) is 20.8. The second-order valence-electron chi connectivity index (χ2n) is 8.91. The van der Waals surface area contributed by atoms with Crippen molar-refractivity contribution in [2.24, 2.45) is 0 Å². The fourth-order valence-electron chi connectivity index (χ4n) is 3.32. The summed E-state index contributed by atoms with van der Waals surface area (Å²) in [6.07, 6.45) is 2.67. The number of ether oxygens (including phenoxy) is 1. The lowest BCUT2D eigenvalue weighted by Gasteiger charge is -2.23. The van der Waals surface area contributed by atoms with Crippen molar-refractivity contribution in [2.45, 2.75) is 51.1 Å². The molecule has 2 atom stereocenters. The van der Waals surface area contributed by atoms with Crippen molar-refractivity contribution >= 4 is 29.5 Å². The molecule has 178 valence electrons. The Morgan fingerprint density at radius 3 is 2.12 bits per heavy atom. The van der Waals surface area contributed by atoms with Crippen LogP contribution in [0.15, 0.2) is 54.6 Å². The van der Waals surface area contributed by atoms with Gasteiger partial charge in [0.15, 0.2) is 0 Å². The highest BCUT2D eigenvalue weighted by atomic mass is 32.2. The molecule has 0 aromatic heterocycles. The summed E-state index contributed by atoms with van der Waals surface area (Å²) in [5.41, 5.74) is 2.47. The van der Waals surface area contributed by atoms with Gasteiger partial charge in [-0.3, -0.25) is 9.59 Å². The molecule has 2 rings (SSSR count). The molecule has 0 aliphatic carbocycles. The lowest BCUT2D eigenvalue weighted by atomic mass is 9.86. The SMILES string of the molecule is COC(=O)[C@H](CCSC)NC(=O)[C@H](Cc1ccccc1)NC(=O)c1ccc(C(C)(C)C)cc1. The van der Waals surface area contributed by atoms with Gasteiger partial charge in [0.25, 0.3) is 5.91 Å². The molecule has 0 heterocycles. The molecule has 2 N–H and O–H groups in total. The van der Waals surface area contributed by atoms with Gasteiger partial charge < -0.3 is 15.4 Å². The maximum Gasteiger partial charge on any atom is 0.328 e. The first-order valence-electron chi connectivity index (χ1n) is 11.0. The molecule has 0 saturated heterocycles. The van der Waals surface area contributed by atoms with Gasteiger partial charge in [0, 0.05) is 12.0 Å². The third-order valence-electron chi connectivity index (χ3n) is 5.33. The molecular formula is C26H34N2O4S. The lowest BCUT2D eigenvalue weighted by Crippen LogP contribution is -2.52. The van der Waals surface area contributed by atoms with Crippen molar-refractivity contribution in [1.82, 2.24) is 10.6 Å². The van der Waals surface area contributed by atoms with Crippen LogP contribution < -0.4 is 10.6 Å². The normalized spacial score (nSPS) is 13.0. The van der Waals surface area contributed by atoms with Gasteiger partial charge in [-0.25, -0.2) is 4.79 Å². The summed E-state index contributed by atoms with van der Waals surface area (Å²) < 4.78 is 4.85. The highest BCUT2D eigenvalue weighted by Gasteiger charge is 2.27. The van der Waals surface area contributed by atoms with E-state index in [1.165, 1.54) is 7.11 Å². The van der Waals surface area contributed by atoms with Gasteiger partial charge in [0.2, 0.25) is 5.91 Å². The smallest absolute Gasteiger partial charge is 0.328 e. The molecule has 2 aromatic rings. The van der Waals surface area contributed by atoms with Crippen LogP contribution in [0.3, 0.4) is 0 Å². The Kier molecular flexibility index (Phi) is 9.97.